The van der Waals surface area contributed by atoms with Crippen molar-refractivity contribution in [1.29, 1.82) is 0 Å². The number of Topliss-reactive ketones (excluding diaryl/α,β-unsaturated/α-hetero) is 1. The molecule has 18 heavy (non-hydrogen) atoms. The average Bonchev–Trinajstić information content (AvgIpc) is 2.39. The van der Waals surface area contributed by atoms with Gasteiger partial charge in [0.1, 0.15) is 0 Å². The fourth-order valence-electron chi connectivity index (χ4n) is 2.38. The van der Waals surface area contributed by atoms with Crippen molar-refractivity contribution in [2.45, 2.75) is 26.2 Å². The van der Waals surface area contributed by atoms with Crippen LogP contribution in [0.5, 0.6) is 0 Å². The molecule has 0 unspecified atom stereocenters. The van der Waals surface area contributed by atoms with Gasteiger partial charge in [-0.3, -0.25) is 9.78 Å². The third kappa shape index (κ3) is 1.94. The number of hydrogen-bond acceptors (Lipinski definition) is 2. The van der Waals surface area contributed by atoms with E-state index in [4.69, 9.17) is 0 Å². The monoisotopic (exact) mass is 237 g/mol. The van der Waals surface area contributed by atoms with E-state index >= 15 is 0 Å². The Morgan fingerprint density at radius 3 is 2.56 bits per heavy atom. The Kier molecular flexibility index (Phi) is 2.71. The molecule has 1 heterocycles. The molecule has 0 amide bonds. The Hall–Kier alpha value is -1.96. The number of rotatable bonds is 1. The normalized spacial score (nSPS) is 14.4. The molecule has 0 aliphatic heterocycles. The lowest BCUT2D eigenvalue weighted by Gasteiger charge is -2.14. The molecule has 90 valence electrons. The molecule has 0 atom stereocenters. The minimum absolute atomic E-state index is 0.235. The summed E-state index contributed by atoms with van der Waals surface area (Å²) >= 11 is 0. The summed E-state index contributed by atoms with van der Waals surface area (Å²) in [5.74, 6) is 0.235. The molecule has 2 aromatic rings. The Bertz CT molecular complexity index is 599. The van der Waals surface area contributed by atoms with Gasteiger partial charge in [0, 0.05) is 17.5 Å². The van der Waals surface area contributed by atoms with Crippen molar-refractivity contribution in [1.82, 2.24) is 4.98 Å². The highest BCUT2D eigenvalue weighted by Crippen LogP contribution is 2.24. The molecule has 0 saturated heterocycles. The third-order valence-corrected chi connectivity index (χ3v) is 3.44. The van der Waals surface area contributed by atoms with Crippen LogP contribution < -0.4 is 0 Å². The van der Waals surface area contributed by atoms with Crippen molar-refractivity contribution in [2.24, 2.45) is 0 Å². The number of aromatic nitrogens is 1. The van der Waals surface area contributed by atoms with Gasteiger partial charge in [-0.05, 0) is 31.9 Å². The standard InChI is InChI=1S/C16H15NO/c1-11-5-7-12(8-6-11)14-10-9-13-15(17-14)3-2-4-16(13)18/h5-10H,2-4H2,1H3. The summed E-state index contributed by atoms with van der Waals surface area (Å²) in [7, 11) is 0. The number of nitrogens with zero attached hydrogens (tertiary/aromatic N) is 1. The van der Waals surface area contributed by atoms with Crippen molar-refractivity contribution in [2.75, 3.05) is 0 Å². The van der Waals surface area contributed by atoms with Gasteiger partial charge < -0.3 is 0 Å². The van der Waals surface area contributed by atoms with Crippen molar-refractivity contribution in [3.05, 3.63) is 53.2 Å². The van der Waals surface area contributed by atoms with Gasteiger partial charge in [-0.2, -0.15) is 0 Å². The highest BCUT2D eigenvalue weighted by Gasteiger charge is 2.18. The summed E-state index contributed by atoms with van der Waals surface area (Å²) in [4.78, 5) is 16.4. The highest BCUT2D eigenvalue weighted by molar-refractivity contribution is 5.98. The van der Waals surface area contributed by atoms with Crippen molar-refractivity contribution >= 4 is 5.78 Å². The van der Waals surface area contributed by atoms with Crippen LogP contribution in [0.15, 0.2) is 36.4 Å². The fraction of sp³-hybridized carbons (Fsp3) is 0.250. The van der Waals surface area contributed by atoms with Crippen LogP contribution in [-0.4, -0.2) is 10.8 Å². The molecule has 0 fully saturated rings. The molecule has 0 N–H and O–H groups in total. The van der Waals surface area contributed by atoms with E-state index in [9.17, 15) is 4.79 Å². The second-order valence-electron chi connectivity index (χ2n) is 4.83. The van der Waals surface area contributed by atoms with Crippen molar-refractivity contribution in [3.8, 4) is 11.3 Å². The summed E-state index contributed by atoms with van der Waals surface area (Å²) in [6, 6.07) is 12.2. The van der Waals surface area contributed by atoms with Crippen LogP contribution in [0.1, 0.15) is 34.5 Å². The summed E-state index contributed by atoms with van der Waals surface area (Å²) in [5.41, 5.74) is 5.10. The fourth-order valence-corrected chi connectivity index (χ4v) is 2.38. The van der Waals surface area contributed by atoms with Gasteiger partial charge in [0.15, 0.2) is 5.78 Å². The zero-order chi connectivity index (χ0) is 12.5. The van der Waals surface area contributed by atoms with Crippen LogP contribution in [0.2, 0.25) is 0 Å². The zero-order valence-electron chi connectivity index (χ0n) is 10.4. The maximum absolute atomic E-state index is 11.7. The van der Waals surface area contributed by atoms with E-state index in [-0.39, 0.29) is 5.78 Å². The predicted octanol–water partition coefficient (Wildman–Crippen LogP) is 3.58. The van der Waals surface area contributed by atoms with E-state index in [2.05, 4.69) is 36.2 Å². The van der Waals surface area contributed by atoms with E-state index in [0.29, 0.717) is 6.42 Å². The van der Waals surface area contributed by atoms with E-state index in [1.54, 1.807) is 0 Å². The molecule has 0 saturated carbocycles. The minimum atomic E-state index is 0.235. The molecular weight excluding hydrogens is 222 g/mol. The van der Waals surface area contributed by atoms with E-state index in [1.165, 1.54) is 5.56 Å². The summed E-state index contributed by atoms with van der Waals surface area (Å²) in [6.07, 6.45) is 2.51. The van der Waals surface area contributed by atoms with Crippen LogP contribution in [0.4, 0.5) is 0 Å². The topological polar surface area (TPSA) is 30.0 Å². The number of carbonyl (C=O) groups excluding carboxylic acids is 1. The quantitative estimate of drug-likeness (QED) is 0.758. The van der Waals surface area contributed by atoms with E-state index in [1.807, 2.05) is 12.1 Å². The lowest BCUT2D eigenvalue weighted by molar-refractivity contribution is 0.0971. The third-order valence-electron chi connectivity index (χ3n) is 3.44. The Morgan fingerprint density at radius 2 is 1.78 bits per heavy atom. The average molecular weight is 237 g/mol. The maximum atomic E-state index is 11.7. The number of fused-ring (bicyclic) bond motifs is 1. The highest BCUT2D eigenvalue weighted by atomic mass is 16.1. The van der Waals surface area contributed by atoms with E-state index in [0.717, 1.165) is 35.4 Å². The zero-order valence-corrected chi connectivity index (χ0v) is 10.4. The molecule has 0 bridgehead atoms. The molecular formula is C16H15NO. The molecule has 0 radical (unpaired) electrons. The number of carbonyl (C=O) groups is 1. The van der Waals surface area contributed by atoms with Gasteiger partial charge in [0.05, 0.1) is 11.4 Å². The van der Waals surface area contributed by atoms with Gasteiger partial charge in [-0.25, -0.2) is 0 Å². The largest absolute Gasteiger partial charge is 0.294 e. The van der Waals surface area contributed by atoms with Gasteiger partial charge >= 0.3 is 0 Å². The molecule has 3 rings (SSSR count). The molecule has 1 aromatic carbocycles. The van der Waals surface area contributed by atoms with Crippen LogP contribution >= 0.6 is 0 Å². The van der Waals surface area contributed by atoms with Gasteiger partial charge in [0.2, 0.25) is 0 Å². The number of hydrogen-bond donors (Lipinski definition) is 0. The predicted molar refractivity (Wildman–Crippen MR) is 71.7 cm³/mol. The lowest BCUT2D eigenvalue weighted by Crippen LogP contribution is -2.12. The smallest absolute Gasteiger partial charge is 0.164 e. The second-order valence-corrected chi connectivity index (χ2v) is 4.83. The second kappa shape index (κ2) is 4.37. The first kappa shape index (κ1) is 11.1. The van der Waals surface area contributed by atoms with Gasteiger partial charge in [0.25, 0.3) is 0 Å². The summed E-state index contributed by atoms with van der Waals surface area (Å²) in [6.45, 7) is 2.07. The number of aryl methyl sites for hydroxylation is 2. The first-order valence-electron chi connectivity index (χ1n) is 6.34. The van der Waals surface area contributed by atoms with Gasteiger partial charge in [-0.15, -0.1) is 0 Å². The maximum Gasteiger partial charge on any atom is 0.164 e. The molecule has 2 heteroatoms. The van der Waals surface area contributed by atoms with Gasteiger partial charge in [-0.1, -0.05) is 29.8 Å². The van der Waals surface area contributed by atoms with Crippen LogP contribution in [0, 0.1) is 6.92 Å². The van der Waals surface area contributed by atoms with Crippen LogP contribution in [0.25, 0.3) is 11.3 Å². The first-order chi connectivity index (χ1) is 8.74. The molecule has 1 aliphatic rings. The molecule has 2 nitrogen and oxygen atoms in total. The Morgan fingerprint density at radius 1 is 1.00 bits per heavy atom. The Labute approximate surface area is 107 Å². The van der Waals surface area contributed by atoms with Crippen molar-refractivity contribution in [3.63, 3.8) is 0 Å². The molecule has 1 aliphatic carbocycles. The van der Waals surface area contributed by atoms with Crippen LogP contribution in [-0.2, 0) is 6.42 Å². The number of benzene rings is 1. The Balaban J connectivity index is 2.04. The van der Waals surface area contributed by atoms with Crippen molar-refractivity contribution < 1.29 is 4.79 Å². The summed E-state index contributed by atoms with van der Waals surface area (Å²) in [5, 5.41) is 0. The van der Waals surface area contributed by atoms with E-state index < -0.39 is 0 Å². The number of pyridine rings is 1. The summed E-state index contributed by atoms with van der Waals surface area (Å²) < 4.78 is 0. The molecule has 0 spiro atoms. The molecule has 1 aromatic heterocycles. The lowest BCUT2D eigenvalue weighted by atomic mass is 9.94. The first-order valence-corrected chi connectivity index (χ1v) is 6.34. The SMILES string of the molecule is Cc1ccc(-c2ccc3c(n2)CCCC3=O)cc1. The van der Waals surface area contributed by atoms with Crippen LogP contribution in [0.3, 0.4) is 0 Å². The number of ketones is 1. The minimum Gasteiger partial charge on any atom is -0.294 e.